The molecule has 3 heterocycles. The van der Waals surface area contributed by atoms with Crippen molar-refractivity contribution in [3.8, 4) is 0 Å². The minimum Gasteiger partial charge on any atom is -0.338 e. The predicted octanol–water partition coefficient (Wildman–Crippen LogP) is 5.40. The van der Waals surface area contributed by atoms with Crippen LogP contribution in [0.4, 0.5) is 0 Å². The van der Waals surface area contributed by atoms with Gasteiger partial charge in [-0.1, -0.05) is 70.7 Å². The van der Waals surface area contributed by atoms with Gasteiger partial charge in [0.05, 0.1) is 17.9 Å². The van der Waals surface area contributed by atoms with Crippen molar-refractivity contribution < 1.29 is 4.79 Å². The fourth-order valence-corrected chi connectivity index (χ4v) is 6.56. The van der Waals surface area contributed by atoms with Crippen molar-refractivity contribution in [3.05, 3.63) is 91.4 Å². The molecule has 2 aromatic heterocycles. The van der Waals surface area contributed by atoms with Crippen molar-refractivity contribution in [2.45, 2.75) is 31.5 Å². The van der Waals surface area contributed by atoms with Crippen LogP contribution in [-0.2, 0) is 30.7 Å². The third-order valence-corrected chi connectivity index (χ3v) is 8.04. The summed E-state index contributed by atoms with van der Waals surface area (Å²) >= 11 is 24.6. The standard InChI is InChI=1S/C27H27Cl4N5O/c1-34(16-22-10-20(28)12-24(30)32-22)26(37)27(14-18-4-2-3-5-19(18)15-27)36-8-6-35(7-9-36)17-23-11-21(29)13-25(31)33-23/h2-5,10-13H,6-9,14-17H2,1H3. The molecule has 3 aromatic rings. The molecule has 1 saturated heterocycles. The van der Waals surface area contributed by atoms with Crippen LogP contribution in [0.15, 0.2) is 48.5 Å². The number of likely N-dealkylation sites (N-methyl/N-ethyl adjacent to an activating group) is 1. The zero-order chi connectivity index (χ0) is 26.2. The summed E-state index contributed by atoms with van der Waals surface area (Å²) in [6, 6.07) is 15.2. The smallest absolute Gasteiger partial charge is 0.243 e. The maximum atomic E-state index is 14.2. The van der Waals surface area contributed by atoms with Crippen molar-refractivity contribution >= 4 is 52.3 Å². The zero-order valence-corrected chi connectivity index (χ0v) is 23.5. The molecular formula is C27H27Cl4N5O. The first-order chi connectivity index (χ1) is 17.7. The molecule has 10 heteroatoms. The third-order valence-electron chi connectivity index (χ3n) is 7.22. The molecule has 0 saturated carbocycles. The van der Waals surface area contributed by atoms with Crippen LogP contribution in [0.5, 0.6) is 0 Å². The molecule has 0 N–H and O–H groups in total. The zero-order valence-electron chi connectivity index (χ0n) is 20.4. The molecule has 1 aliphatic carbocycles. The largest absolute Gasteiger partial charge is 0.338 e. The van der Waals surface area contributed by atoms with Gasteiger partial charge >= 0.3 is 0 Å². The van der Waals surface area contributed by atoms with Gasteiger partial charge in [-0.25, -0.2) is 9.97 Å². The third kappa shape index (κ3) is 5.90. The van der Waals surface area contributed by atoms with Crippen molar-refractivity contribution in [2.75, 3.05) is 33.2 Å². The number of amides is 1. The molecular weight excluding hydrogens is 552 g/mol. The van der Waals surface area contributed by atoms with Gasteiger partial charge in [0.2, 0.25) is 5.91 Å². The molecule has 0 bridgehead atoms. The molecule has 1 fully saturated rings. The molecule has 5 rings (SSSR count). The van der Waals surface area contributed by atoms with Gasteiger partial charge in [0.15, 0.2) is 0 Å². The van der Waals surface area contributed by atoms with E-state index < -0.39 is 5.54 Å². The first-order valence-corrected chi connectivity index (χ1v) is 13.7. The molecule has 0 spiro atoms. The Kier molecular flexibility index (Phi) is 7.96. The van der Waals surface area contributed by atoms with Gasteiger partial charge in [0.25, 0.3) is 0 Å². The van der Waals surface area contributed by atoms with E-state index in [9.17, 15) is 4.79 Å². The first kappa shape index (κ1) is 26.7. The second-order valence-corrected chi connectivity index (χ2v) is 11.4. The lowest BCUT2D eigenvalue weighted by Crippen LogP contribution is -2.64. The molecule has 37 heavy (non-hydrogen) atoms. The Balaban J connectivity index is 1.34. The number of nitrogens with zero attached hydrogens (tertiary/aromatic N) is 5. The molecule has 0 unspecified atom stereocenters. The molecule has 6 nitrogen and oxygen atoms in total. The number of pyridine rings is 2. The number of hydrogen-bond acceptors (Lipinski definition) is 5. The monoisotopic (exact) mass is 577 g/mol. The second kappa shape index (κ2) is 11.0. The lowest BCUT2D eigenvalue weighted by atomic mass is 9.90. The fraction of sp³-hybridized carbons (Fsp3) is 0.370. The Morgan fingerprint density at radius 1 is 0.865 bits per heavy atom. The van der Waals surface area contributed by atoms with Crippen LogP contribution in [0.3, 0.4) is 0 Å². The normalized spacial score (nSPS) is 17.5. The van der Waals surface area contributed by atoms with Crippen molar-refractivity contribution in [2.24, 2.45) is 0 Å². The van der Waals surface area contributed by atoms with E-state index in [1.807, 2.05) is 25.2 Å². The molecule has 1 aromatic carbocycles. The Hall–Kier alpha value is -1.93. The fourth-order valence-electron chi connectivity index (χ4n) is 5.53. The van der Waals surface area contributed by atoms with E-state index in [1.165, 1.54) is 11.1 Å². The summed E-state index contributed by atoms with van der Waals surface area (Å²) in [7, 11) is 1.83. The highest BCUT2D eigenvalue weighted by Gasteiger charge is 2.50. The number of fused-ring (bicyclic) bond motifs is 1. The topological polar surface area (TPSA) is 52.6 Å². The molecule has 0 atom stereocenters. The van der Waals surface area contributed by atoms with Crippen molar-refractivity contribution in [1.29, 1.82) is 0 Å². The van der Waals surface area contributed by atoms with Crippen LogP contribution in [0.25, 0.3) is 0 Å². The summed E-state index contributed by atoms with van der Waals surface area (Å²) in [5.74, 6) is 0.0818. The lowest BCUT2D eigenvalue weighted by Gasteiger charge is -2.46. The van der Waals surface area contributed by atoms with Crippen LogP contribution >= 0.6 is 46.4 Å². The Morgan fingerprint density at radius 2 is 1.41 bits per heavy atom. The van der Waals surface area contributed by atoms with Crippen LogP contribution in [0.1, 0.15) is 22.5 Å². The molecule has 194 valence electrons. The Morgan fingerprint density at radius 3 is 1.97 bits per heavy atom. The summed E-state index contributed by atoms with van der Waals surface area (Å²) < 4.78 is 0. The van der Waals surface area contributed by atoms with Crippen LogP contribution in [0, 0.1) is 0 Å². The van der Waals surface area contributed by atoms with Gasteiger partial charge in [0, 0.05) is 62.7 Å². The maximum Gasteiger partial charge on any atom is 0.243 e. The summed E-state index contributed by atoms with van der Waals surface area (Å²) in [5, 5.41) is 1.80. The average molecular weight is 579 g/mol. The van der Waals surface area contributed by atoms with E-state index in [1.54, 1.807) is 23.1 Å². The SMILES string of the molecule is CN(Cc1cc(Cl)cc(Cl)n1)C(=O)C1(N2CCN(Cc3cc(Cl)cc(Cl)n3)CC2)Cc2ccccc2C1. The predicted molar refractivity (Wildman–Crippen MR) is 148 cm³/mol. The average Bonchev–Trinajstić information content (AvgIpc) is 3.23. The van der Waals surface area contributed by atoms with Gasteiger partial charge < -0.3 is 4.90 Å². The van der Waals surface area contributed by atoms with E-state index in [0.29, 0.717) is 52.0 Å². The summed E-state index contributed by atoms with van der Waals surface area (Å²) in [5.41, 5.74) is 3.32. The van der Waals surface area contributed by atoms with E-state index in [2.05, 4.69) is 31.9 Å². The highest BCUT2D eigenvalue weighted by Crippen LogP contribution is 2.37. The first-order valence-electron chi connectivity index (χ1n) is 12.2. The highest BCUT2D eigenvalue weighted by molar-refractivity contribution is 6.34. The van der Waals surface area contributed by atoms with Crippen LogP contribution in [-0.4, -0.2) is 69.3 Å². The number of halogens is 4. The summed E-state index contributed by atoms with van der Waals surface area (Å²) in [4.78, 5) is 29.4. The number of carbonyl (C=O) groups excluding carboxylic acids is 1. The van der Waals surface area contributed by atoms with Gasteiger partial charge in [-0.3, -0.25) is 14.6 Å². The quantitative estimate of drug-likeness (QED) is 0.366. The Bertz CT molecular complexity index is 1250. The number of benzene rings is 1. The van der Waals surface area contributed by atoms with Crippen molar-refractivity contribution in [3.63, 3.8) is 0 Å². The second-order valence-electron chi connectivity index (χ2n) is 9.78. The number of rotatable bonds is 6. The Labute approximate surface area is 237 Å². The van der Waals surface area contributed by atoms with Gasteiger partial charge in [-0.15, -0.1) is 0 Å². The number of hydrogen-bond donors (Lipinski definition) is 0. The van der Waals surface area contributed by atoms with Gasteiger partial charge in [-0.05, 0) is 35.4 Å². The number of aromatic nitrogens is 2. The number of piperazine rings is 1. The lowest BCUT2D eigenvalue weighted by molar-refractivity contribution is -0.145. The minimum atomic E-state index is -0.648. The number of carbonyl (C=O) groups is 1. The van der Waals surface area contributed by atoms with Gasteiger partial charge in [0.1, 0.15) is 15.8 Å². The highest BCUT2D eigenvalue weighted by atomic mass is 35.5. The summed E-state index contributed by atoms with van der Waals surface area (Å²) in [6.07, 6.45) is 1.36. The van der Waals surface area contributed by atoms with Gasteiger partial charge in [-0.2, -0.15) is 0 Å². The van der Waals surface area contributed by atoms with Crippen LogP contribution < -0.4 is 0 Å². The molecule has 1 aliphatic heterocycles. The van der Waals surface area contributed by atoms with E-state index >= 15 is 0 Å². The van der Waals surface area contributed by atoms with Crippen LogP contribution in [0.2, 0.25) is 20.4 Å². The van der Waals surface area contributed by atoms with E-state index in [0.717, 1.165) is 31.9 Å². The minimum absolute atomic E-state index is 0.0818. The van der Waals surface area contributed by atoms with E-state index in [-0.39, 0.29) is 5.91 Å². The maximum absolute atomic E-state index is 14.2. The molecule has 2 aliphatic rings. The van der Waals surface area contributed by atoms with E-state index in [4.69, 9.17) is 46.4 Å². The van der Waals surface area contributed by atoms with Crippen molar-refractivity contribution in [1.82, 2.24) is 24.7 Å². The molecule has 0 radical (unpaired) electrons. The summed E-state index contributed by atoms with van der Waals surface area (Å²) in [6.45, 7) is 4.15. The molecule has 1 amide bonds.